The zero-order valence-electron chi connectivity index (χ0n) is 30.8. The second kappa shape index (κ2) is 23.1. The molecule has 0 saturated heterocycles. The first kappa shape index (κ1) is 39.3. The third-order valence-corrected chi connectivity index (χ3v) is 14.4. The van der Waals surface area contributed by atoms with Crippen LogP contribution in [-0.2, 0) is 12.8 Å². The minimum absolute atomic E-state index is 1.20. The van der Waals surface area contributed by atoms with Crippen LogP contribution < -0.4 is 0 Å². The van der Waals surface area contributed by atoms with Gasteiger partial charge in [-0.2, -0.15) is 0 Å². The van der Waals surface area contributed by atoms with Crippen molar-refractivity contribution in [1.29, 1.82) is 0 Å². The Morgan fingerprint density at radius 1 is 0.438 bits per heavy atom. The van der Waals surface area contributed by atoms with Crippen molar-refractivity contribution in [2.75, 3.05) is 0 Å². The second-order valence-corrected chi connectivity index (χ2v) is 18.7. The molecule has 264 valence electrons. The van der Waals surface area contributed by atoms with Crippen LogP contribution in [0.25, 0.3) is 31.7 Å². The van der Waals surface area contributed by atoms with Gasteiger partial charge < -0.3 is 0 Å². The van der Waals surface area contributed by atoms with Crippen LogP contribution in [0, 0.1) is 13.8 Å². The lowest BCUT2D eigenvalue weighted by Gasteiger charge is -2.04. The summed E-state index contributed by atoms with van der Waals surface area (Å²) in [4.78, 5) is 11.5. The standard InChI is InChI=1S/C44H64S4/c1-5-7-9-11-13-15-17-19-21-23-25-37-33-42(46-36(37)4)43-34-38(26-24-22-20-18-16-14-12-10-8-6-2)44(48-43)41-32-31-40(47-41)30-29-39-28-27-35(3)45-39/h27-34H,5-26H2,1-4H3/b30-29+. The Morgan fingerprint density at radius 2 is 0.896 bits per heavy atom. The molecule has 0 unspecified atom stereocenters. The Labute approximate surface area is 311 Å². The molecule has 4 heteroatoms. The van der Waals surface area contributed by atoms with Crippen LogP contribution in [-0.4, -0.2) is 0 Å². The van der Waals surface area contributed by atoms with Crippen LogP contribution in [0.2, 0.25) is 0 Å². The monoisotopic (exact) mass is 720 g/mol. The summed E-state index contributed by atoms with van der Waals surface area (Å²) in [6.07, 6.45) is 35.0. The normalized spacial score (nSPS) is 11.8. The molecule has 0 fully saturated rings. The summed E-state index contributed by atoms with van der Waals surface area (Å²) < 4.78 is 0. The minimum Gasteiger partial charge on any atom is -0.141 e. The Bertz CT molecular complexity index is 1440. The second-order valence-electron chi connectivity index (χ2n) is 14.0. The van der Waals surface area contributed by atoms with Crippen LogP contribution >= 0.6 is 45.3 Å². The largest absolute Gasteiger partial charge is 0.141 e. The van der Waals surface area contributed by atoms with Crippen LogP contribution in [0.3, 0.4) is 0 Å². The molecule has 4 rings (SSSR count). The molecule has 0 bridgehead atoms. The first-order valence-electron chi connectivity index (χ1n) is 19.6. The zero-order valence-corrected chi connectivity index (χ0v) is 34.1. The van der Waals surface area contributed by atoms with Gasteiger partial charge >= 0.3 is 0 Å². The molecular formula is C44H64S4. The fraction of sp³-hybridized carbons (Fsp3) is 0.591. The van der Waals surface area contributed by atoms with Crippen molar-refractivity contribution >= 4 is 57.5 Å². The molecular weight excluding hydrogens is 657 g/mol. The Hall–Kier alpha value is -1.46. The van der Waals surface area contributed by atoms with E-state index in [1.165, 1.54) is 180 Å². The minimum atomic E-state index is 1.20. The highest BCUT2D eigenvalue weighted by molar-refractivity contribution is 7.26. The summed E-state index contributed by atoms with van der Waals surface area (Å²) in [5, 5.41) is 0. The average molecular weight is 721 g/mol. The van der Waals surface area contributed by atoms with Gasteiger partial charge in [-0.3, -0.25) is 0 Å². The van der Waals surface area contributed by atoms with Crippen molar-refractivity contribution in [1.82, 2.24) is 0 Å². The van der Waals surface area contributed by atoms with Crippen molar-refractivity contribution in [3.8, 4) is 19.5 Å². The van der Waals surface area contributed by atoms with Crippen molar-refractivity contribution in [3.05, 3.63) is 67.0 Å². The number of hydrogen-bond acceptors (Lipinski definition) is 4. The fourth-order valence-electron chi connectivity index (χ4n) is 6.71. The third-order valence-electron chi connectivity index (χ3n) is 9.70. The maximum Gasteiger partial charge on any atom is 0.0481 e. The molecule has 0 aromatic carbocycles. The highest BCUT2D eigenvalue weighted by Gasteiger charge is 2.16. The van der Waals surface area contributed by atoms with E-state index in [-0.39, 0.29) is 0 Å². The first-order valence-corrected chi connectivity index (χ1v) is 22.9. The van der Waals surface area contributed by atoms with Gasteiger partial charge in [0.15, 0.2) is 0 Å². The molecule has 0 aliphatic carbocycles. The van der Waals surface area contributed by atoms with Crippen LogP contribution in [0.4, 0.5) is 0 Å². The fourth-order valence-corrected chi connectivity index (χ4v) is 10.9. The quantitative estimate of drug-likeness (QED) is 0.0567. The van der Waals surface area contributed by atoms with Crippen LogP contribution in [0.1, 0.15) is 173 Å². The highest BCUT2D eigenvalue weighted by Crippen LogP contribution is 2.44. The molecule has 4 aromatic rings. The van der Waals surface area contributed by atoms with Crippen LogP contribution in [0.5, 0.6) is 0 Å². The van der Waals surface area contributed by atoms with E-state index in [2.05, 4.69) is 76.2 Å². The van der Waals surface area contributed by atoms with Crippen molar-refractivity contribution in [3.63, 3.8) is 0 Å². The van der Waals surface area contributed by atoms with Gasteiger partial charge in [-0.1, -0.05) is 129 Å². The topological polar surface area (TPSA) is 0 Å². The third kappa shape index (κ3) is 14.0. The summed E-state index contributed by atoms with van der Waals surface area (Å²) in [5.74, 6) is 0. The lowest BCUT2D eigenvalue weighted by atomic mass is 10.0. The Morgan fingerprint density at radius 3 is 1.44 bits per heavy atom. The predicted molar refractivity (Wildman–Crippen MR) is 225 cm³/mol. The lowest BCUT2D eigenvalue weighted by Crippen LogP contribution is -1.87. The molecule has 0 atom stereocenters. The highest BCUT2D eigenvalue weighted by atomic mass is 32.1. The summed E-state index contributed by atoms with van der Waals surface area (Å²) in [6.45, 7) is 9.15. The summed E-state index contributed by atoms with van der Waals surface area (Å²) >= 11 is 7.90. The maximum atomic E-state index is 2.56. The van der Waals surface area contributed by atoms with Gasteiger partial charge in [0.05, 0.1) is 0 Å². The van der Waals surface area contributed by atoms with E-state index >= 15 is 0 Å². The smallest absolute Gasteiger partial charge is 0.0481 e. The van der Waals surface area contributed by atoms with E-state index < -0.39 is 0 Å². The predicted octanol–water partition coefficient (Wildman–Crippen LogP) is 17.0. The number of rotatable bonds is 26. The molecule has 4 heterocycles. The van der Waals surface area contributed by atoms with E-state index in [4.69, 9.17) is 0 Å². The molecule has 0 amide bonds. The molecule has 0 saturated carbocycles. The molecule has 0 N–H and O–H groups in total. The van der Waals surface area contributed by atoms with Gasteiger partial charge in [-0.05, 0) is 99.2 Å². The van der Waals surface area contributed by atoms with Gasteiger partial charge in [0.1, 0.15) is 0 Å². The van der Waals surface area contributed by atoms with Gasteiger partial charge in [-0.25, -0.2) is 0 Å². The average Bonchev–Trinajstić information content (AvgIpc) is 3.89. The van der Waals surface area contributed by atoms with Crippen molar-refractivity contribution < 1.29 is 0 Å². The van der Waals surface area contributed by atoms with E-state index in [9.17, 15) is 0 Å². The van der Waals surface area contributed by atoms with Crippen molar-refractivity contribution in [2.45, 2.75) is 169 Å². The summed E-state index contributed by atoms with van der Waals surface area (Å²) in [6, 6.07) is 14.2. The van der Waals surface area contributed by atoms with E-state index in [1.807, 2.05) is 45.3 Å². The number of unbranched alkanes of at least 4 members (excludes halogenated alkanes) is 18. The Balaban J connectivity index is 1.34. The molecule has 0 spiro atoms. The molecule has 0 nitrogen and oxygen atoms in total. The van der Waals surface area contributed by atoms with E-state index in [0.717, 1.165) is 0 Å². The molecule has 0 aliphatic heterocycles. The molecule has 0 radical (unpaired) electrons. The number of aryl methyl sites for hydroxylation is 4. The summed E-state index contributed by atoms with van der Waals surface area (Å²) in [7, 11) is 0. The van der Waals surface area contributed by atoms with Gasteiger partial charge in [0.25, 0.3) is 0 Å². The van der Waals surface area contributed by atoms with Crippen molar-refractivity contribution in [2.24, 2.45) is 0 Å². The van der Waals surface area contributed by atoms with Gasteiger partial charge in [0, 0.05) is 39.0 Å². The SMILES string of the molecule is CCCCCCCCCCCCc1cc(-c2cc(CCCCCCCCCCCC)c(-c3ccc(/C=C/c4ccc(C)s4)s3)s2)sc1C. The van der Waals surface area contributed by atoms with E-state index in [1.54, 1.807) is 11.1 Å². The van der Waals surface area contributed by atoms with Gasteiger partial charge in [-0.15, -0.1) is 45.3 Å². The lowest BCUT2D eigenvalue weighted by molar-refractivity contribution is 0.556. The maximum absolute atomic E-state index is 2.56. The van der Waals surface area contributed by atoms with Crippen LogP contribution in [0.15, 0.2) is 36.4 Å². The van der Waals surface area contributed by atoms with Gasteiger partial charge in [0.2, 0.25) is 0 Å². The number of hydrogen-bond donors (Lipinski definition) is 0. The summed E-state index contributed by atoms with van der Waals surface area (Å²) in [5.41, 5.74) is 3.16. The number of thiophene rings is 4. The molecule has 48 heavy (non-hydrogen) atoms. The zero-order chi connectivity index (χ0) is 33.8. The Kier molecular flexibility index (Phi) is 18.9. The molecule has 0 aliphatic rings. The first-order chi connectivity index (χ1) is 23.6. The van der Waals surface area contributed by atoms with E-state index in [0.29, 0.717) is 0 Å². The molecule has 4 aromatic heterocycles.